The predicted octanol–water partition coefficient (Wildman–Crippen LogP) is 3.07. The van der Waals surface area contributed by atoms with Gasteiger partial charge in [-0.2, -0.15) is 0 Å². The molecule has 3 rings (SSSR count). The van der Waals surface area contributed by atoms with E-state index in [2.05, 4.69) is 19.2 Å². The molecule has 0 bridgehead atoms. The van der Waals surface area contributed by atoms with Gasteiger partial charge in [-0.15, -0.1) is 0 Å². The molecule has 150 valence electrons. The molecule has 0 aliphatic heterocycles. The third-order valence-electron chi connectivity index (χ3n) is 5.67. The number of carbonyl (C=O) groups is 2. The number of imide groups is 1. The van der Waals surface area contributed by atoms with E-state index in [4.69, 9.17) is 10.7 Å². The van der Waals surface area contributed by atoms with E-state index in [0.717, 1.165) is 19.3 Å². The Hall–Kier alpha value is -2.35. The molecule has 1 aromatic carbocycles. The number of hydrogen-bond acceptors (Lipinski definition) is 5. The van der Waals surface area contributed by atoms with Crippen LogP contribution in [0.5, 0.6) is 0 Å². The number of fused-ring (bicyclic) bond motifs is 1. The summed E-state index contributed by atoms with van der Waals surface area (Å²) in [5.41, 5.74) is 5.57. The zero-order valence-corrected chi connectivity index (χ0v) is 17.2. The van der Waals surface area contributed by atoms with Crippen LogP contribution in [-0.2, 0) is 4.79 Å². The molecule has 7 nitrogen and oxygen atoms in total. The molecule has 8 heteroatoms. The summed E-state index contributed by atoms with van der Waals surface area (Å²) in [5.74, 6) is 0.325. The summed E-state index contributed by atoms with van der Waals surface area (Å²) >= 11 is 1.18. The first-order chi connectivity index (χ1) is 13.3. The lowest BCUT2D eigenvalue weighted by molar-refractivity contribution is -0.119. The number of aromatic nitrogens is 2. The number of nitrogens with two attached hydrogens (primary N) is 1. The van der Waals surface area contributed by atoms with Crippen LogP contribution in [0.4, 0.5) is 4.79 Å². The number of benzene rings is 1. The van der Waals surface area contributed by atoms with Gasteiger partial charge in [0.15, 0.2) is 5.16 Å². The Kier molecular flexibility index (Phi) is 6.07. The first-order valence-corrected chi connectivity index (χ1v) is 10.5. The van der Waals surface area contributed by atoms with Crippen LogP contribution in [0.15, 0.2) is 34.2 Å². The summed E-state index contributed by atoms with van der Waals surface area (Å²) in [6.45, 7) is 6.06. The minimum Gasteiger partial charge on any atom is -0.351 e. The molecule has 1 saturated carbocycles. The third-order valence-corrected chi connectivity index (χ3v) is 6.74. The second-order valence-corrected chi connectivity index (χ2v) is 8.84. The number of amides is 3. The summed E-state index contributed by atoms with van der Waals surface area (Å²) in [4.78, 5) is 41.2. The molecule has 2 aromatic rings. The van der Waals surface area contributed by atoms with E-state index in [-0.39, 0.29) is 11.6 Å². The topological polar surface area (TPSA) is 107 Å². The van der Waals surface area contributed by atoms with Crippen molar-refractivity contribution in [2.75, 3.05) is 0 Å². The van der Waals surface area contributed by atoms with Gasteiger partial charge >= 0.3 is 6.03 Å². The molecule has 3 N–H and O–H groups in total. The van der Waals surface area contributed by atoms with Gasteiger partial charge < -0.3 is 5.73 Å². The highest BCUT2D eigenvalue weighted by Gasteiger charge is 2.32. The van der Waals surface area contributed by atoms with Crippen LogP contribution < -0.4 is 16.6 Å². The van der Waals surface area contributed by atoms with Crippen molar-refractivity contribution in [2.24, 2.45) is 17.6 Å². The molecule has 1 aliphatic carbocycles. The van der Waals surface area contributed by atoms with E-state index in [1.54, 1.807) is 23.6 Å². The molecule has 0 radical (unpaired) electrons. The van der Waals surface area contributed by atoms with Gasteiger partial charge in [-0.05, 0) is 37.3 Å². The molecule has 1 heterocycles. The van der Waals surface area contributed by atoms with Crippen LogP contribution in [0.3, 0.4) is 0 Å². The van der Waals surface area contributed by atoms with Crippen molar-refractivity contribution >= 4 is 34.6 Å². The molecule has 0 saturated heterocycles. The fourth-order valence-electron chi connectivity index (χ4n) is 3.85. The summed E-state index contributed by atoms with van der Waals surface area (Å²) < 4.78 is 1.77. The van der Waals surface area contributed by atoms with Gasteiger partial charge in [-0.3, -0.25) is 19.5 Å². The minimum atomic E-state index is -0.893. The number of rotatable bonds is 4. The van der Waals surface area contributed by atoms with Crippen LogP contribution in [0.25, 0.3) is 10.9 Å². The van der Waals surface area contributed by atoms with Crippen molar-refractivity contribution in [1.29, 1.82) is 0 Å². The maximum absolute atomic E-state index is 13.4. The van der Waals surface area contributed by atoms with Crippen molar-refractivity contribution in [2.45, 2.75) is 56.5 Å². The van der Waals surface area contributed by atoms with Gasteiger partial charge in [0.25, 0.3) is 5.56 Å². The second kappa shape index (κ2) is 8.34. The highest BCUT2D eigenvalue weighted by molar-refractivity contribution is 8.00. The molecule has 4 atom stereocenters. The monoisotopic (exact) mass is 402 g/mol. The van der Waals surface area contributed by atoms with Crippen LogP contribution in [0.1, 0.15) is 46.1 Å². The first-order valence-electron chi connectivity index (χ1n) is 9.57. The maximum Gasteiger partial charge on any atom is 0.318 e. The van der Waals surface area contributed by atoms with E-state index in [0.29, 0.717) is 27.9 Å². The number of nitrogens with zero attached hydrogens (tertiary/aromatic N) is 2. The minimum absolute atomic E-state index is 0.0299. The number of nitrogens with one attached hydrogen (secondary N) is 1. The molecule has 1 aliphatic rings. The predicted molar refractivity (Wildman–Crippen MR) is 110 cm³/mol. The average molecular weight is 403 g/mol. The second-order valence-electron chi connectivity index (χ2n) is 7.53. The Morgan fingerprint density at radius 2 is 2.00 bits per heavy atom. The number of para-hydroxylation sites is 1. The lowest BCUT2D eigenvalue weighted by atomic mass is 9.78. The summed E-state index contributed by atoms with van der Waals surface area (Å²) in [6, 6.07) is 6.39. The number of thioether (sulfide) groups is 1. The molecule has 1 fully saturated rings. The zero-order chi connectivity index (χ0) is 20.4. The van der Waals surface area contributed by atoms with E-state index < -0.39 is 17.2 Å². The van der Waals surface area contributed by atoms with Crippen molar-refractivity contribution in [3.63, 3.8) is 0 Å². The van der Waals surface area contributed by atoms with E-state index in [9.17, 15) is 14.4 Å². The molecule has 3 amide bonds. The lowest BCUT2D eigenvalue weighted by Crippen LogP contribution is -2.40. The zero-order valence-electron chi connectivity index (χ0n) is 16.3. The van der Waals surface area contributed by atoms with Crippen LogP contribution in [-0.4, -0.2) is 26.7 Å². The van der Waals surface area contributed by atoms with Gasteiger partial charge in [0.05, 0.1) is 16.2 Å². The Morgan fingerprint density at radius 3 is 2.71 bits per heavy atom. The number of hydrogen-bond donors (Lipinski definition) is 2. The van der Waals surface area contributed by atoms with Gasteiger partial charge in [0.1, 0.15) is 0 Å². The Bertz CT molecular complexity index is 958. The van der Waals surface area contributed by atoms with E-state index in [1.165, 1.54) is 11.8 Å². The SMILES string of the molecule is C[C@@H]1[C@H](C)CCC[C@@H]1n1c(S[C@@H](C)C(=O)NC(N)=O)nc2ccccc2c1=O. The number of urea groups is 1. The largest absolute Gasteiger partial charge is 0.351 e. The third kappa shape index (κ3) is 4.06. The molecule has 28 heavy (non-hydrogen) atoms. The molecular formula is C20H26N4O3S. The number of carbonyl (C=O) groups excluding carboxylic acids is 2. The van der Waals surface area contributed by atoms with Crippen molar-refractivity contribution in [1.82, 2.24) is 14.9 Å². The average Bonchev–Trinajstić information content (AvgIpc) is 2.64. The van der Waals surface area contributed by atoms with Crippen LogP contribution in [0, 0.1) is 11.8 Å². The fraction of sp³-hybridized carbons (Fsp3) is 0.500. The van der Waals surface area contributed by atoms with Crippen LogP contribution >= 0.6 is 11.8 Å². The Morgan fingerprint density at radius 1 is 1.29 bits per heavy atom. The summed E-state index contributed by atoms with van der Waals surface area (Å²) in [6.07, 6.45) is 3.10. The Balaban J connectivity index is 2.08. The van der Waals surface area contributed by atoms with Crippen molar-refractivity contribution in [3.8, 4) is 0 Å². The van der Waals surface area contributed by atoms with Gasteiger partial charge in [-0.1, -0.05) is 50.6 Å². The molecular weight excluding hydrogens is 376 g/mol. The van der Waals surface area contributed by atoms with Gasteiger partial charge in [0.2, 0.25) is 5.91 Å². The van der Waals surface area contributed by atoms with Gasteiger partial charge in [0, 0.05) is 6.04 Å². The summed E-state index contributed by atoms with van der Waals surface area (Å²) in [5, 5.41) is 2.55. The summed E-state index contributed by atoms with van der Waals surface area (Å²) in [7, 11) is 0. The highest BCUT2D eigenvalue weighted by Crippen LogP contribution is 2.39. The molecule has 0 unspecified atom stereocenters. The van der Waals surface area contributed by atoms with Crippen molar-refractivity contribution < 1.29 is 9.59 Å². The van der Waals surface area contributed by atoms with E-state index in [1.807, 2.05) is 12.1 Å². The lowest BCUT2D eigenvalue weighted by Gasteiger charge is -2.36. The smallest absolute Gasteiger partial charge is 0.318 e. The quantitative estimate of drug-likeness (QED) is 0.604. The fourth-order valence-corrected chi connectivity index (χ4v) is 4.82. The van der Waals surface area contributed by atoms with E-state index >= 15 is 0 Å². The standard InChI is InChI=1S/C20H26N4O3S/c1-11-7-6-10-16(12(11)2)24-18(26)14-8-4-5-9-15(14)22-20(24)28-13(3)17(25)23-19(21)27/h4-5,8-9,11-13,16H,6-7,10H2,1-3H3,(H3,21,23,25,27)/t11-,12-,13+,16+/m1/s1. The van der Waals surface area contributed by atoms with Crippen molar-refractivity contribution in [3.05, 3.63) is 34.6 Å². The highest BCUT2D eigenvalue weighted by atomic mass is 32.2. The first kappa shape index (κ1) is 20.4. The van der Waals surface area contributed by atoms with Gasteiger partial charge in [-0.25, -0.2) is 9.78 Å². The molecule has 0 spiro atoms. The van der Waals surface area contributed by atoms with Crippen LogP contribution in [0.2, 0.25) is 0 Å². The Labute approximate surface area is 168 Å². The maximum atomic E-state index is 13.4. The normalized spacial score (nSPS) is 23.3. The number of primary amides is 1. The molecule has 1 aromatic heterocycles.